The summed E-state index contributed by atoms with van der Waals surface area (Å²) in [6, 6.07) is 6.94. The Morgan fingerprint density at radius 2 is 1.80 bits per heavy atom. The summed E-state index contributed by atoms with van der Waals surface area (Å²) in [4.78, 5) is 0. The minimum atomic E-state index is 0.872. The highest BCUT2D eigenvalue weighted by molar-refractivity contribution is 5.30. The van der Waals surface area contributed by atoms with Crippen molar-refractivity contribution < 1.29 is 0 Å². The lowest BCUT2D eigenvalue weighted by atomic mass is 9.82. The molecular weight excluding hydrogens is 242 g/mol. The van der Waals surface area contributed by atoms with E-state index in [1.165, 1.54) is 56.2 Å². The van der Waals surface area contributed by atoms with Crippen LogP contribution in [0.2, 0.25) is 0 Å². The van der Waals surface area contributed by atoms with E-state index >= 15 is 0 Å². The molecule has 2 unspecified atom stereocenters. The Morgan fingerprint density at radius 3 is 2.55 bits per heavy atom. The van der Waals surface area contributed by atoms with E-state index in [-0.39, 0.29) is 0 Å². The van der Waals surface area contributed by atoms with Gasteiger partial charge < -0.3 is 5.32 Å². The summed E-state index contributed by atoms with van der Waals surface area (Å²) >= 11 is 0. The van der Waals surface area contributed by atoms with Gasteiger partial charge in [-0.25, -0.2) is 0 Å². The van der Waals surface area contributed by atoms with Crippen molar-refractivity contribution in [1.82, 2.24) is 5.32 Å². The average Bonchev–Trinajstić information content (AvgIpc) is 2.66. The normalized spacial score (nSPS) is 23.6. The molecule has 0 amide bonds. The van der Waals surface area contributed by atoms with Gasteiger partial charge in [-0.3, -0.25) is 0 Å². The fourth-order valence-electron chi connectivity index (χ4n) is 3.63. The highest BCUT2D eigenvalue weighted by Crippen LogP contribution is 2.32. The van der Waals surface area contributed by atoms with Gasteiger partial charge in [-0.2, -0.15) is 0 Å². The van der Waals surface area contributed by atoms with Crippen molar-refractivity contribution >= 4 is 0 Å². The predicted molar refractivity (Wildman–Crippen MR) is 88.2 cm³/mol. The monoisotopic (exact) mass is 273 g/mol. The van der Waals surface area contributed by atoms with E-state index in [1.54, 1.807) is 5.56 Å². The maximum Gasteiger partial charge on any atom is -0.00179 e. The SMILES string of the molecule is CCNCC1CCCCCC1Cc1cc(C)ccc1C. The van der Waals surface area contributed by atoms with Crippen LogP contribution in [-0.4, -0.2) is 13.1 Å². The van der Waals surface area contributed by atoms with Crippen molar-refractivity contribution in [3.8, 4) is 0 Å². The molecule has 1 saturated carbocycles. The molecule has 0 aromatic heterocycles. The zero-order valence-corrected chi connectivity index (χ0v) is 13.5. The summed E-state index contributed by atoms with van der Waals surface area (Å²) in [5, 5.41) is 3.59. The van der Waals surface area contributed by atoms with Gasteiger partial charge in [0, 0.05) is 0 Å². The van der Waals surface area contributed by atoms with Crippen LogP contribution in [0.5, 0.6) is 0 Å². The van der Waals surface area contributed by atoms with Gasteiger partial charge in [0.2, 0.25) is 0 Å². The smallest absolute Gasteiger partial charge is 0.00179 e. The molecule has 112 valence electrons. The van der Waals surface area contributed by atoms with Crippen LogP contribution < -0.4 is 5.32 Å². The number of nitrogens with one attached hydrogen (secondary N) is 1. The number of aryl methyl sites for hydroxylation is 2. The zero-order chi connectivity index (χ0) is 14.4. The summed E-state index contributed by atoms with van der Waals surface area (Å²) in [6.07, 6.45) is 8.42. The van der Waals surface area contributed by atoms with Crippen LogP contribution in [-0.2, 0) is 6.42 Å². The Balaban J connectivity index is 2.08. The van der Waals surface area contributed by atoms with Crippen molar-refractivity contribution in [3.05, 3.63) is 34.9 Å². The fraction of sp³-hybridized carbons (Fsp3) is 0.684. The molecular formula is C19H31N. The molecule has 1 aliphatic carbocycles. The molecule has 0 bridgehead atoms. The van der Waals surface area contributed by atoms with Gasteiger partial charge in [0.15, 0.2) is 0 Å². The Kier molecular flexibility index (Phi) is 6.09. The van der Waals surface area contributed by atoms with Crippen molar-refractivity contribution in [1.29, 1.82) is 0 Å². The molecule has 1 aromatic carbocycles. The second-order valence-corrected chi connectivity index (χ2v) is 6.60. The minimum Gasteiger partial charge on any atom is -0.317 e. The summed E-state index contributed by atoms with van der Waals surface area (Å²) in [5.41, 5.74) is 4.46. The molecule has 2 atom stereocenters. The van der Waals surface area contributed by atoms with E-state index in [9.17, 15) is 0 Å². The standard InChI is InChI=1S/C19H31N/c1-4-20-14-18-9-7-5-6-8-17(18)13-19-12-15(2)10-11-16(19)3/h10-12,17-18,20H,4-9,13-14H2,1-3H3. The van der Waals surface area contributed by atoms with Crippen LogP contribution in [0.4, 0.5) is 0 Å². The van der Waals surface area contributed by atoms with Gasteiger partial charge in [-0.1, -0.05) is 49.9 Å². The molecule has 1 heteroatoms. The summed E-state index contributed by atoms with van der Waals surface area (Å²) in [6.45, 7) is 9.02. The van der Waals surface area contributed by atoms with E-state index in [0.29, 0.717) is 0 Å². The fourth-order valence-corrected chi connectivity index (χ4v) is 3.63. The number of benzene rings is 1. The van der Waals surface area contributed by atoms with E-state index in [0.717, 1.165) is 18.4 Å². The third-order valence-corrected chi connectivity index (χ3v) is 4.96. The van der Waals surface area contributed by atoms with E-state index in [1.807, 2.05) is 0 Å². The largest absolute Gasteiger partial charge is 0.317 e. The maximum absolute atomic E-state index is 3.59. The number of rotatable bonds is 5. The molecule has 1 fully saturated rings. The third-order valence-electron chi connectivity index (χ3n) is 4.96. The molecule has 0 saturated heterocycles. The van der Waals surface area contributed by atoms with Gasteiger partial charge in [0.25, 0.3) is 0 Å². The van der Waals surface area contributed by atoms with Crippen LogP contribution in [0, 0.1) is 25.7 Å². The first-order chi connectivity index (χ1) is 9.70. The minimum absolute atomic E-state index is 0.872. The lowest BCUT2D eigenvalue weighted by Crippen LogP contribution is -2.28. The Morgan fingerprint density at radius 1 is 1.05 bits per heavy atom. The maximum atomic E-state index is 3.59. The van der Waals surface area contributed by atoms with Crippen LogP contribution in [0.15, 0.2) is 18.2 Å². The number of hydrogen-bond acceptors (Lipinski definition) is 1. The second kappa shape index (κ2) is 7.83. The number of hydrogen-bond donors (Lipinski definition) is 1. The predicted octanol–water partition coefficient (Wildman–Crippen LogP) is 4.65. The molecule has 1 nitrogen and oxygen atoms in total. The molecule has 20 heavy (non-hydrogen) atoms. The van der Waals surface area contributed by atoms with Gasteiger partial charge >= 0.3 is 0 Å². The lowest BCUT2D eigenvalue weighted by molar-refractivity contribution is 0.299. The molecule has 0 aliphatic heterocycles. The molecule has 0 heterocycles. The van der Waals surface area contributed by atoms with Gasteiger partial charge in [-0.05, 0) is 69.2 Å². The first kappa shape index (κ1) is 15.6. The average molecular weight is 273 g/mol. The lowest BCUT2D eigenvalue weighted by Gasteiger charge is -2.26. The Labute approximate surface area is 125 Å². The van der Waals surface area contributed by atoms with Crippen LogP contribution in [0.25, 0.3) is 0 Å². The molecule has 1 aromatic rings. The van der Waals surface area contributed by atoms with Crippen molar-refractivity contribution in [3.63, 3.8) is 0 Å². The molecule has 0 radical (unpaired) electrons. The van der Waals surface area contributed by atoms with E-state index in [2.05, 4.69) is 44.3 Å². The highest BCUT2D eigenvalue weighted by Gasteiger charge is 2.24. The zero-order valence-electron chi connectivity index (χ0n) is 13.5. The molecule has 2 rings (SSSR count). The van der Waals surface area contributed by atoms with Gasteiger partial charge in [0.05, 0.1) is 0 Å². The van der Waals surface area contributed by atoms with Crippen LogP contribution in [0.3, 0.4) is 0 Å². The quantitative estimate of drug-likeness (QED) is 0.770. The summed E-state index contributed by atoms with van der Waals surface area (Å²) < 4.78 is 0. The first-order valence-corrected chi connectivity index (χ1v) is 8.47. The second-order valence-electron chi connectivity index (χ2n) is 6.60. The Hall–Kier alpha value is -0.820. The van der Waals surface area contributed by atoms with Crippen molar-refractivity contribution in [2.75, 3.05) is 13.1 Å². The van der Waals surface area contributed by atoms with Gasteiger partial charge in [-0.15, -0.1) is 0 Å². The highest BCUT2D eigenvalue weighted by atomic mass is 14.8. The summed E-state index contributed by atoms with van der Waals surface area (Å²) in [7, 11) is 0. The van der Waals surface area contributed by atoms with Crippen LogP contribution >= 0.6 is 0 Å². The topological polar surface area (TPSA) is 12.0 Å². The summed E-state index contributed by atoms with van der Waals surface area (Å²) in [5.74, 6) is 1.74. The first-order valence-electron chi connectivity index (χ1n) is 8.47. The van der Waals surface area contributed by atoms with E-state index < -0.39 is 0 Å². The molecule has 1 N–H and O–H groups in total. The van der Waals surface area contributed by atoms with E-state index in [4.69, 9.17) is 0 Å². The molecule has 1 aliphatic rings. The van der Waals surface area contributed by atoms with Crippen LogP contribution in [0.1, 0.15) is 55.7 Å². The third kappa shape index (κ3) is 4.34. The van der Waals surface area contributed by atoms with Crippen molar-refractivity contribution in [2.45, 2.75) is 59.3 Å². The molecule has 0 spiro atoms. The van der Waals surface area contributed by atoms with Crippen molar-refractivity contribution in [2.24, 2.45) is 11.8 Å². The van der Waals surface area contributed by atoms with Gasteiger partial charge in [0.1, 0.15) is 0 Å². The Bertz CT molecular complexity index is 410.